The third kappa shape index (κ3) is 4.41. The number of hydrogen-bond acceptors (Lipinski definition) is 4. The summed E-state index contributed by atoms with van der Waals surface area (Å²) in [4.78, 5) is 22.4. The number of carbonyl (C=O) groups excluding carboxylic acids is 2. The first kappa shape index (κ1) is 14.0. The minimum Gasteiger partial charge on any atom is -0.463 e. The maximum atomic E-state index is 11.2. The van der Waals surface area contributed by atoms with Crippen LogP contribution >= 0.6 is 0 Å². The van der Waals surface area contributed by atoms with Crippen molar-refractivity contribution in [3.05, 3.63) is 35.9 Å². The Morgan fingerprint density at radius 2 is 1.94 bits per heavy atom. The molecule has 0 aliphatic heterocycles. The third-order valence-corrected chi connectivity index (χ3v) is 2.12. The molecule has 0 radical (unpaired) electrons. The SMILES string of the molecule is CCOC(=O)/C=C/c1ccccc1OC(=O)CC. The lowest BCUT2D eigenvalue weighted by molar-refractivity contribution is -0.137. The summed E-state index contributed by atoms with van der Waals surface area (Å²) in [5, 5.41) is 0. The highest BCUT2D eigenvalue weighted by Crippen LogP contribution is 2.19. The molecule has 0 unspecified atom stereocenters. The molecule has 0 N–H and O–H groups in total. The molecule has 0 aromatic heterocycles. The molecule has 4 nitrogen and oxygen atoms in total. The number of carbonyl (C=O) groups is 2. The number of esters is 2. The van der Waals surface area contributed by atoms with E-state index in [1.165, 1.54) is 6.08 Å². The lowest BCUT2D eigenvalue weighted by atomic mass is 10.2. The summed E-state index contributed by atoms with van der Waals surface area (Å²) in [6.45, 7) is 3.79. The molecule has 0 aliphatic carbocycles. The van der Waals surface area contributed by atoms with Crippen LogP contribution in [0.4, 0.5) is 0 Å². The van der Waals surface area contributed by atoms with Gasteiger partial charge in [-0.1, -0.05) is 25.1 Å². The van der Waals surface area contributed by atoms with Crippen LogP contribution in [0.2, 0.25) is 0 Å². The number of ether oxygens (including phenoxy) is 2. The average molecular weight is 248 g/mol. The van der Waals surface area contributed by atoms with Gasteiger partial charge in [0.1, 0.15) is 5.75 Å². The van der Waals surface area contributed by atoms with Crippen LogP contribution in [-0.4, -0.2) is 18.5 Å². The van der Waals surface area contributed by atoms with Gasteiger partial charge in [0.25, 0.3) is 0 Å². The molecule has 0 fully saturated rings. The first-order chi connectivity index (χ1) is 8.67. The van der Waals surface area contributed by atoms with Crippen LogP contribution < -0.4 is 4.74 Å². The van der Waals surface area contributed by atoms with Crippen LogP contribution in [0.5, 0.6) is 5.75 Å². The molecule has 0 aliphatic rings. The van der Waals surface area contributed by atoms with Crippen molar-refractivity contribution in [2.45, 2.75) is 20.3 Å². The average Bonchev–Trinajstić information content (AvgIpc) is 2.38. The van der Waals surface area contributed by atoms with Crippen LogP contribution in [-0.2, 0) is 14.3 Å². The van der Waals surface area contributed by atoms with Crippen molar-refractivity contribution in [1.82, 2.24) is 0 Å². The molecule has 0 bridgehead atoms. The van der Waals surface area contributed by atoms with E-state index in [9.17, 15) is 9.59 Å². The Balaban J connectivity index is 2.82. The van der Waals surface area contributed by atoms with E-state index in [2.05, 4.69) is 0 Å². The van der Waals surface area contributed by atoms with E-state index >= 15 is 0 Å². The molecule has 0 spiro atoms. The van der Waals surface area contributed by atoms with Gasteiger partial charge in [0, 0.05) is 18.1 Å². The molecule has 96 valence electrons. The Hall–Kier alpha value is -2.10. The van der Waals surface area contributed by atoms with E-state index in [0.29, 0.717) is 24.3 Å². The van der Waals surface area contributed by atoms with Gasteiger partial charge in [-0.2, -0.15) is 0 Å². The standard InChI is InChI=1S/C14H16O4/c1-3-13(15)18-12-8-6-5-7-11(12)9-10-14(16)17-4-2/h5-10H,3-4H2,1-2H3/b10-9+. The lowest BCUT2D eigenvalue weighted by Crippen LogP contribution is -2.06. The fraction of sp³-hybridized carbons (Fsp3) is 0.286. The monoisotopic (exact) mass is 248 g/mol. The van der Waals surface area contributed by atoms with Gasteiger partial charge in [0.05, 0.1) is 6.61 Å². The van der Waals surface area contributed by atoms with Gasteiger partial charge >= 0.3 is 11.9 Å². The summed E-state index contributed by atoms with van der Waals surface area (Å²) in [5.41, 5.74) is 0.660. The molecule has 0 amide bonds. The molecule has 4 heteroatoms. The molecular formula is C14H16O4. The van der Waals surface area contributed by atoms with Crippen LogP contribution in [0, 0.1) is 0 Å². The van der Waals surface area contributed by atoms with E-state index in [1.807, 2.05) is 0 Å². The molecule has 0 heterocycles. The van der Waals surface area contributed by atoms with Gasteiger partial charge in [-0.15, -0.1) is 0 Å². The largest absolute Gasteiger partial charge is 0.463 e. The van der Waals surface area contributed by atoms with Crippen molar-refractivity contribution in [2.75, 3.05) is 6.61 Å². The Labute approximate surface area is 106 Å². The fourth-order valence-electron chi connectivity index (χ4n) is 1.25. The minimum absolute atomic E-state index is 0.302. The summed E-state index contributed by atoms with van der Waals surface area (Å²) in [6, 6.07) is 7.00. The zero-order valence-electron chi connectivity index (χ0n) is 10.5. The first-order valence-electron chi connectivity index (χ1n) is 5.82. The van der Waals surface area contributed by atoms with E-state index < -0.39 is 5.97 Å². The quantitative estimate of drug-likeness (QED) is 0.456. The summed E-state index contributed by atoms with van der Waals surface area (Å²) < 4.78 is 9.92. The van der Waals surface area contributed by atoms with E-state index in [1.54, 1.807) is 44.2 Å². The van der Waals surface area contributed by atoms with E-state index in [0.717, 1.165) is 0 Å². The Bertz CT molecular complexity index is 449. The van der Waals surface area contributed by atoms with Gasteiger partial charge < -0.3 is 9.47 Å². The predicted octanol–water partition coefficient (Wildman–Crippen LogP) is 2.58. The van der Waals surface area contributed by atoms with Crippen molar-refractivity contribution in [3.8, 4) is 5.75 Å². The highest BCUT2D eigenvalue weighted by Gasteiger charge is 2.05. The summed E-state index contributed by atoms with van der Waals surface area (Å²) in [7, 11) is 0. The molecule has 1 rings (SSSR count). The zero-order valence-corrected chi connectivity index (χ0v) is 10.5. The molecule has 1 aromatic rings. The maximum Gasteiger partial charge on any atom is 0.330 e. The van der Waals surface area contributed by atoms with Crippen LogP contribution in [0.3, 0.4) is 0 Å². The Morgan fingerprint density at radius 1 is 1.22 bits per heavy atom. The number of para-hydroxylation sites is 1. The van der Waals surface area contributed by atoms with Gasteiger partial charge in [0.2, 0.25) is 0 Å². The van der Waals surface area contributed by atoms with Crippen LogP contribution in [0.15, 0.2) is 30.3 Å². The lowest BCUT2D eigenvalue weighted by Gasteiger charge is -2.05. The van der Waals surface area contributed by atoms with E-state index in [-0.39, 0.29) is 5.97 Å². The van der Waals surface area contributed by atoms with Gasteiger partial charge in [-0.3, -0.25) is 4.79 Å². The third-order valence-electron chi connectivity index (χ3n) is 2.12. The summed E-state index contributed by atoms with van der Waals surface area (Å²) in [5.74, 6) is -0.300. The second-order valence-electron chi connectivity index (χ2n) is 3.45. The van der Waals surface area contributed by atoms with Crippen molar-refractivity contribution in [2.24, 2.45) is 0 Å². The zero-order chi connectivity index (χ0) is 13.4. The number of hydrogen-bond donors (Lipinski definition) is 0. The van der Waals surface area contributed by atoms with Crippen molar-refractivity contribution in [1.29, 1.82) is 0 Å². The predicted molar refractivity (Wildman–Crippen MR) is 68.0 cm³/mol. The van der Waals surface area contributed by atoms with Gasteiger partial charge in [0.15, 0.2) is 0 Å². The maximum absolute atomic E-state index is 11.2. The van der Waals surface area contributed by atoms with Crippen molar-refractivity contribution in [3.63, 3.8) is 0 Å². The van der Waals surface area contributed by atoms with Gasteiger partial charge in [-0.05, 0) is 19.1 Å². The summed E-state index contributed by atoms with van der Waals surface area (Å²) in [6.07, 6.45) is 3.17. The Kier molecular flexibility index (Phi) is 5.64. The second-order valence-corrected chi connectivity index (χ2v) is 3.45. The molecule has 0 saturated carbocycles. The first-order valence-corrected chi connectivity index (χ1v) is 5.82. The number of rotatable bonds is 5. The molecule has 18 heavy (non-hydrogen) atoms. The van der Waals surface area contributed by atoms with Crippen molar-refractivity contribution < 1.29 is 19.1 Å². The topological polar surface area (TPSA) is 52.6 Å². The highest BCUT2D eigenvalue weighted by molar-refractivity contribution is 5.87. The van der Waals surface area contributed by atoms with Crippen LogP contribution in [0.25, 0.3) is 6.08 Å². The molecule has 0 atom stereocenters. The highest BCUT2D eigenvalue weighted by atomic mass is 16.5. The smallest absolute Gasteiger partial charge is 0.330 e. The molecule has 1 aromatic carbocycles. The minimum atomic E-state index is -0.422. The second kappa shape index (κ2) is 7.27. The van der Waals surface area contributed by atoms with Crippen LogP contribution in [0.1, 0.15) is 25.8 Å². The molecule has 0 saturated heterocycles. The molecular weight excluding hydrogens is 232 g/mol. The number of benzene rings is 1. The normalized spacial score (nSPS) is 10.3. The fourth-order valence-corrected chi connectivity index (χ4v) is 1.25. The Morgan fingerprint density at radius 3 is 2.61 bits per heavy atom. The van der Waals surface area contributed by atoms with Gasteiger partial charge in [-0.25, -0.2) is 4.79 Å². The van der Waals surface area contributed by atoms with Crippen molar-refractivity contribution >= 4 is 18.0 Å². The van der Waals surface area contributed by atoms with E-state index in [4.69, 9.17) is 9.47 Å². The summed E-state index contributed by atoms with van der Waals surface area (Å²) >= 11 is 0.